The van der Waals surface area contributed by atoms with Crippen molar-refractivity contribution in [1.82, 2.24) is 9.78 Å². The summed E-state index contributed by atoms with van der Waals surface area (Å²) in [6.07, 6.45) is -0.976. The van der Waals surface area contributed by atoms with Crippen LogP contribution in [0.1, 0.15) is 38.9 Å². The molecule has 0 radical (unpaired) electrons. The number of carbonyl (C=O) groups is 2. The van der Waals surface area contributed by atoms with Crippen LogP contribution >= 0.6 is 0 Å². The van der Waals surface area contributed by atoms with Gasteiger partial charge in [0, 0.05) is 18.0 Å². The maximum absolute atomic E-state index is 12.7. The lowest BCUT2D eigenvalue weighted by atomic mass is 9.99. The maximum atomic E-state index is 12.7. The second-order valence-corrected chi connectivity index (χ2v) is 6.55. The van der Waals surface area contributed by atoms with Gasteiger partial charge < -0.3 is 4.74 Å². The van der Waals surface area contributed by atoms with Gasteiger partial charge in [0.15, 0.2) is 11.8 Å². The van der Waals surface area contributed by atoms with Gasteiger partial charge in [-0.15, -0.1) is 0 Å². The molecule has 1 heterocycles. The number of nitrogens with zero attached hydrogens (tertiary/aromatic N) is 2. The van der Waals surface area contributed by atoms with Crippen molar-refractivity contribution in [3.05, 3.63) is 75.2 Å². The number of hydrogen-bond acceptors (Lipinski definition) is 5. The normalized spacial score (nSPS) is 12.0. The lowest BCUT2D eigenvalue weighted by Gasteiger charge is -2.15. The van der Waals surface area contributed by atoms with E-state index in [1.165, 1.54) is 14.0 Å². The fourth-order valence-electron chi connectivity index (χ4n) is 2.94. The van der Waals surface area contributed by atoms with E-state index in [2.05, 4.69) is 5.10 Å². The highest BCUT2D eigenvalue weighted by Crippen LogP contribution is 2.17. The number of benzene rings is 2. The molecule has 27 heavy (non-hydrogen) atoms. The van der Waals surface area contributed by atoms with Gasteiger partial charge in [0.2, 0.25) is 5.78 Å². The Kier molecular flexibility index (Phi) is 4.90. The van der Waals surface area contributed by atoms with Crippen LogP contribution in [0.2, 0.25) is 0 Å². The number of carbonyl (C=O) groups excluding carboxylic acids is 2. The highest BCUT2D eigenvalue weighted by molar-refractivity contribution is 6.05. The first-order valence-corrected chi connectivity index (χ1v) is 8.58. The first-order valence-electron chi connectivity index (χ1n) is 8.58. The summed E-state index contributed by atoms with van der Waals surface area (Å²) in [7, 11) is 1.47. The van der Waals surface area contributed by atoms with Crippen molar-refractivity contribution in [2.45, 2.75) is 26.9 Å². The quantitative estimate of drug-likeness (QED) is 0.525. The molecule has 138 valence electrons. The molecule has 0 fully saturated rings. The molecule has 3 aromatic rings. The van der Waals surface area contributed by atoms with Crippen LogP contribution in [0.25, 0.3) is 10.8 Å². The Balaban J connectivity index is 1.93. The summed E-state index contributed by atoms with van der Waals surface area (Å²) in [6.45, 7) is 5.27. The lowest BCUT2D eigenvalue weighted by molar-refractivity contribution is 0.0313. The van der Waals surface area contributed by atoms with Crippen molar-refractivity contribution >= 4 is 22.5 Å². The van der Waals surface area contributed by atoms with Gasteiger partial charge in [-0.05, 0) is 38.5 Å². The van der Waals surface area contributed by atoms with Gasteiger partial charge in [0.1, 0.15) is 0 Å². The fraction of sp³-hybridized carbons (Fsp3) is 0.238. The molecule has 0 amide bonds. The summed E-state index contributed by atoms with van der Waals surface area (Å²) in [5.41, 5.74) is 2.00. The molecular formula is C21H20N2O4. The second-order valence-electron chi connectivity index (χ2n) is 6.55. The first-order chi connectivity index (χ1) is 12.8. The Labute approximate surface area is 156 Å². The Morgan fingerprint density at radius 3 is 2.44 bits per heavy atom. The zero-order valence-corrected chi connectivity index (χ0v) is 15.6. The molecule has 0 aliphatic heterocycles. The molecule has 0 saturated heterocycles. The molecule has 1 atom stereocenters. The number of aromatic nitrogens is 2. The summed E-state index contributed by atoms with van der Waals surface area (Å²) in [5.74, 6) is -1.02. The number of aryl methyl sites for hydroxylation is 3. The molecule has 0 saturated carbocycles. The lowest BCUT2D eigenvalue weighted by Crippen LogP contribution is -2.28. The Hall–Kier alpha value is -3.28. The van der Waals surface area contributed by atoms with Gasteiger partial charge in [0.05, 0.1) is 5.39 Å². The molecule has 1 aromatic heterocycles. The zero-order chi connectivity index (χ0) is 19.7. The molecular weight excluding hydrogens is 344 g/mol. The number of Topliss-reactive ketones (excluding diaryl/α,β-unsaturated/α-hetero) is 1. The Morgan fingerprint density at radius 2 is 1.74 bits per heavy atom. The molecule has 0 aliphatic rings. The summed E-state index contributed by atoms with van der Waals surface area (Å²) >= 11 is 0. The van der Waals surface area contributed by atoms with Crippen molar-refractivity contribution in [2.24, 2.45) is 7.05 Å². The van der Waals surface area contributed by atoms with E-state index in [0.29, 0.717) is 16.3 Å². The molecule has 3 rings (SSSR count). The molecule has 0 N–H and O–H groups in total. The summed E-state index contributed by atoms with van der Waals surface area (Å²) < 4.78 is 6.48. The molecule has 6 heteroatoms. The number of ketones is 1. The molecule has 0 spiro atoms. The van der Waals surface area contributed by atoms with E-state index in [1.54, 1.807) is 30.3 Å². The minimum Gasteiger partial charge on any atom is -0.449 e. The van der Waals surface area contributed by atoms with Gasteiger partial charge in [-0.1, -0.05) is 35.9 Å². The zero-order valence-electron chi connectivity index (χ0n) is 15.6. The van der Waals surface area contributed by atoms with E-state index in [1.807, 2.05) is 26.0 Å². The van der Waals surface area contributed by atoms with Crippen LogP contribution < -0.4 is 5.56 Å². The first kappa shape index (κ1) is 18.5. The Bertz CT molecular complexity index is 1110. The monoisotopic (exact) mass is 364 g/mol. The Morgan fingerprint density at radius 1 is 1.07 bits per heavy atom. The third kappa shape index (κ3) is 3.51. The predicted octanol–water partition coefficient (Wildman–Crippen LogP) is 2.98. The van der Waals surface area contributed by atoms with Crippen LogP contribution in [0.4, 0.5) is 0 Å². The second kappa shape index (κ2) is 7.15. The third-order valence-electron chi connectivity index (χ3n) is 4.46. The third-order valence-corrected chi connectivity index (χ3v) is 4.46. The van der Waals surface area contributed by atoms with E-state index in [0.717, 1.165) is 15.8 Å². The number of hydrogen-bond donors (Lipinski definition) is 0. The molecule has 0 bridgehead atoms. The van der Waals surface area contributed by atoms with E-state index in [9.17, 15) is 14.4 Å². The number of esters is 1. The number of ether oxygens (including phenoxy) is 1. The van der Waals surface area contributed by atoms with E-state index < -0.39 is 12.1 Å². The van der Waals surface area contributed by atoms with Gasteiger partial charge in [0.25, 0.3) is 5.56 Å². The topological polar surface area (TPSA) is 78.3 Å². The van der Waals surface area contributed by atoms with Crippen LogP contribution in [-0.4, -0.2) is 27.6 Å². The minimum atomic E-state index is -0.976. The molecule has 6 nitrogen and oxygen atoms in total. The van der Waals surface area contributed by atoms with Crippen molar-refractivity contribution in [3.8, 4) is 0 Å². The molecule has 2 aromatic carbocycles. The van der Waals surface area contributed by atoms with Crippen molar-refractivity contribution in [3.63, 3.8) is 0 Å². The number of rotatable bonds is 4. The predicted molar refractivity (Wildman–Crippen MR) is 102 cm³/mol. The molecule has 0 aliphatic carbocycles. The van der Waals surface area contributed by atoms with E-state index in [4.69, 9.17) is 4.74 Å². The van der Waals surface area contributed by atoms with Gasteiger partial charge >= 0.3 is 5.97 Å². The summed E-state index contributed by atoms with van der Waals surface area (Å²) in [5, 5.41) is 4.81. The van der Waals surface area contributed by atoms with Gasteiger partial charge in [-0.25, -0.2) is 9.48 Å². The van der Waals surface area contributed by atoms with Crippen LogP contribution in [0.5, 0.6) is 0 Å². The smallest absolute Gasteiger partial charge is 0.360 e. The standard InChI is InChI=1S/C21H20N2O4/c1-12-9-10-13(2)17(11-12)19(24)14(3)27-21(26)18-15-7-5-6-8-16(15)20(25)23(4)22-18/h5-11,14H,1-4H3/t14-/m0/s1. The van der Waals surface area contributed by atoms with Crippen LogP contribution in [0, 0.1) is 13.8 Å². The van der Waals surface area contributed by atoms with E-state index in [-0.39, 0.29) is 17.0 Å². The van der Waals surface area contributed by atoms with Crippen LogP contribution in [-0.2, 0) is 11.8 Å². The van der Waals surface area contributed by atoms with Gasteiger partial charge in [-0.2, -0.15) is 5.10 Å². The number of fused-ring (bicyclic) bond motifs is 1. The SMILES string of the molecule is Cc1ccc(C)c(C(=O)[C@H](C)OC(=O)c2nn(C)c(=O)c3ccccc23)c1. The maximum Gasteiger partial charge on any atom is 0.360 e. The van der Waals surface area contributed by atoms with Crippen molar-refractivity contribution < 1.29 is 14.3 Å². The highest BCUT2D eigenvalue weighted by atomic mass is 16.5. The summed E-state index contributed by atoms with van der Waals surface area (Å²) in [4.78, 5) is 37.6. The van der Waals surface area contributed by atoms with Crippen molar-refractivity contribution in [2.75, 3.05) is 0 Å². The highest BCUT2D eigenvalue weighted by Gasteiger charge is 2.24. The van der Waals surface area contributed by atoms with Crippen molar-refractivity contribution in [1.29, 1.82) is 0 Å². The molecule has 0 unspecified atom stereocenters. The van der Waals surface area contributed by atoms with Crippen LogP contribution in [0.3, 0.4) is 0 Å². The fourth-order valence-corrected chi connectivity index (χ4v) is 2.94. The summed E-state index contributed by atoms with van der Waals surface area (Å²) in [6, 6.07) is 12.2. The minimum absolute atomic E-state index is 0.00770. The average molecular weight is 364 g/mol. The van der Waals surface area contributed by atoms with Crippen LogP contribution in [0.15, 0.2) is 47.3 Å². The average Bonchev–Trinajstić information content (AvgIpc) is 2.65. The van der Waals surface area contributed by atoms with Gasteiger partial charge in [-0.3, -0.25) is 9.59 Å². The largest absolute Gasteiger partial charge is 0.449 e. The van der Waals surface area contributed by atoms with E-state index >= 15 is 0 Å².